The van der Waals surface area contributed by atoms with E-state index in [4.69, 9.17) is 6.42 Å². The van der Waals surface area contributed by atoms with Crippen molar-refractivity contribution in [3.63, 3.8) is 0 Å². The molecule has 19 heavy (non-hydrogen) atoms. The summed E-state index contributed by atoms with van der Waals surface area (Å²) in [5.41, 5.74) is 1.04. The highest BCUT2D eigenvalue weighted by molar-refractivity contribution is 5.88. The summed E-state index contributed by atoms with van der Waals surface area (Å²) < 4.78 is 0. The summed E-state index contributed by atoms with van der Waals surface area (Å²) in [6.45, 7) is 0. The third kappa shape index (κ3) is 7.26. The molecule has 0 bridgehead atoms. The Kier molecular flexibility index (Phi) is 7.05. The highest BCUT2D eigenvalue weighted by atomic mass is 16.1. The minimum atomic E-state index is -0.155. The van der Waals surface area contributed by atoms with Gasteiger partial charge in [-0.1, -0.05) is 42.3 Å². The maximum absolute atomic E-state index is 11.4. The molecule has 94 valence electrons. The van der Waals surface area contributed by atoms with E-state index >= 15 is 0 Å². The van der Waals surface area contributed by atoms with E-state index in [9.17, 15) is 4.79 Å². The lowest BCUT2D eigenvalue weighted by Gasteiger charge is -1.94. The van der Waals surface area contributed by atoms with Crippen molar-refractivity contribution in [3.8, 4) is 24.2 Å². The second-order valence-corrected chi connectivity index (χ2v) is 3.64. The maximum atomic E-state index is 11.4. The van der Waals surface area contributed by atoms with E-state index < -0.39 is 0 Å². The summed E-state index contributed by atoms with van der Waals surface area (Å²) in [5, 5.41) is 2.66. The second-order valence-electron chi connectivity index (χ2n) is 3.64. The Morgan fingerprint density at radius 2 is 2.11 bits per heavy atom. The highest BCUT2D eigenvalue weighted by Gasteiger charge is 1.89. The monoisotopic (exact) mass is 249 g/mol. The van der Waals surface area contributed by atoms with Crippen LogP contribution in [0.15, 0.2) is 48.7 Å². The lowest BCUT2D eigenvalue weighted by atomic mass is 10.2. The lowest BCUT2D eigenvalue weighted by Crippen LogP contribution is -2.13. The summed E-state index contributed by atoms with van der Waals surface area (Å²) in [7, 11) is 0. The number of hydrogen-bond acceptors (Lipinski definition) is 1. The first-order chi connectivity index (χ1) is 9.33. The molecule has 2 nitrogen and oxygen atoms in total. The van der Waals surface area contributed by atoms with Crippen molar-refractivity contribution in [2.75, 3.05) is 0 Å². The Bertz CT molecular complexity index is 550. The van der Waals surface area contributed by atoms with Gasteiger partial charge < -0.3 is 5.32 Å². The number of rotatable bonds is 5. The number of unbranched alkanes of at least 4 members (excludes halogenated alkanes) is 1. The number of allylic oxidation sites excluding steroid dienone is 1. The molecule has 0 saturated heterocycles. The molecule has 1 aromatic rings. The van der Waals surface area contributed by atoms with Crippen molar-refractivity contribution < 1.29 is 4.79 Å². The van der Waals surface area contributed by atoms with Gasteiger partial charge in [0.25, 0.3) is 0 Å². The molecule has 0 unspecified atom stereocenters. The van der Waals surface area contributed by atoms with E-state index in [0.717, 1.165) is 5.56 Å². The van der Waals surface area contributed by atoms with Crippen molar-refractivity contribution in [2.24, 2.45) is 0 Å². The number of carbonyl (C=O) groups is 1. The topological polar surface area (TPSA) is 29.1 Å². The molecule has 1 aromatic carbocycles. The van der Waals surface area contributed by atoms with Gasteiger partial charge in [-0.25, -0.2) is 0 Å². The third-order valence-electron chi connectivity index (χ3n) is 2.17. The van der Waals surface area contributed by atoms with Gasteiger partial charge in [0, 0.05) is 12.6 Å². The van der Waals surface area contributed by atoms with Gasteiger partial charge in [0.05, 0.1) is 0 Å². The maximum Gasteiger partial charge on any atom is 0.247 e. The molecule has 1 N–H and O–H groups in total. The fraction of sp³-hybridized carbons (Fsp3) is 0.118. The molecule has 0 aliphatic carbocycles. The zero-order chi connectivity index (χ0) is 13.8. The standard InChI is InChI=1S/C17H15NO/c1-2-3-4-5-6-10-13-17(19)18-15-14-16-11-8-7-9-12-16/h1,7-15H,5-6H2,(H,18,19). The number of hydrogen-bond donors (Lipinski definition) is 1. The van der Waals surface area contributed by atoms with Crippen molar-refractivity contribution in [3.05, 3.63) is 54.2 Å². The zero-order valence-corrected chi connectivity index (χ0v) is 10.6. The first-order valence-corrected chi connectivity index (χ1v) is 5.95. The van der Waals surface area contributed by atoms with Crippen LogP contribution in [-0.2, 0) is 4.79 Å². The summed E-state index contributed by atoms with van der Waals surface area (Å²) in [5.74, 6) is 7.39. The van der Waals surface area contributed by atoms with E-state index in [0.29, 0.717) is 12.8 Å². The van der Waals surface area contributed by atoms with Gasteiger partial charge in [0.15, 0.2) is 0 Å². The van der Waals surface area contributed by atoms with Gasteiger partial charge >= 0.3 is 0 Å². The number of carbonyl (C=O) groups excluding carboxylic acids is 1. The predicted molar refractivity (Wildman–Crippen MR) is 78.6 cm³/mol. The summed E-state index contributed by atoms with van der Waals surface area (Å²) in [6, 6.07) is 9.75. The van der Waals surface area contributed by atoms with Gasteiger partial charge in [0.1, 0.15) is 0 Å². The van der Waals surface area contributed by atoms with Gasteiger partial charge in [0.2, 0.25) is 5.91 Å². The highest BCUT2D eigenvalue weighted by Crippen LogP contribution is 1.99. The molecule has 0 aliphatic heterocycles. The molecule has 0 radical (unpaired) electrons. The van der Waals surface area contributed by atoms with E-state index in [1.165, 1.54) is 6.08 Å². The molecule has 0 fully saturated rings. The molecular weight excluding hydrogens is 234 g/mol. The van der Waals surface area contributed by atoms with Crippen molar-refractivity contribution >= 4 is 12.0 Å². The summed E-state index contributed by atoms with van der Waals surface area (Å²) in [4.78, 5) is 11.4. The Morgan fingerprint density at radius 1 is 1.32 bits per heavy atom. The first-order valence-electron chi connectivity index (χ1n) is 5.95. The summed E-state index contributed by atoms with van der Waals surface area (Å²) in [6.07, 6.45) is 13.1. The van der Waals surface area contributed by atoms with Crippen molar-refractivity contribution in [1.29, 1.82) is 0 Å². The van der Waals surface area contributed by atoms with Gasteiger partial charge in [-0.2, -0.15) is 0 Å². The molecule has 0 heterocycles. The molecule has 2 heteroatoms. The Morgan fingerprint density at radius 3 is 2.84 bits per heavy atom. The van der Waals surface area contributed by atoms with Crippen LogP contribution in [0.3, 0.4) is 0 Å². The summed E-state index contributed by atoms with van der Waals surface area (Å²) >= 11 is 0. The average molecular weight is 249 g/mol. The minimum absolute atomic E-state index is 0.155. The van der Waals surface area contributed by atoms with Gasteiger partial charge in [-0.3, -0.25) is 4.79 Å². The van der Waals surface area contributed by atoms with Gasteiger partial charge in [-0.05, 0) is 36.0 Å². The fourth-order valence-electron chi connectivity index (χ4n) is 1.29. The number of amides is 1. The molecule has 1 rings (SSSR count). The van der Waals surface area contributed by atoms with Crippen LogP contribution in [0.5, 0.6) is 0 Å². The molecule has 0 aromatic heterocycles. The molecule has 0 spiro atoms. The average Bonchev–Trinajstić information content (AvgIpc) is 2.44. The number of nitrogens with one attached hydrogen (secondary N) is 1. The lowest BCUT2D eigenvalue weighted by molar-refractivity contribution is -0.115. The third-order valence-corrected chi connectivity index (χ3v) is 2.17. The molecule has 0 saturated carbocycles. The zero-order valence-electron chi connectivity index (χ0n) is 10.6. The molecular formula is C17H15NO. The van der Waals surface area contributed by atoms with Crippen LogP contribution < -0.4 is 5.32 Å². The van der Waals surface area contributed by atoms with E-state index in [1.807, 2.05) is 36.4 Å². The minimum Gasteiger partial charge on any atom is -0.329 e. The van der Waals surface area contributed by atoms with Crippen LogP contribution in [0.2, 0.25) is 0 Å². The van der Waals surface area contributed by atoms with Crippen LogP contribution in [0, 0.1) is 24.2 Å². The van der Waals surface area contributed by atoms with Gasteiger partial charge in [-0.15, -0.1) is 6.42 Å². The van der Waals surface area contributed by atoms with E-state index in [-0.39, 0.29) is 5.91 Å². The number of benzene rings is 1. The number of terminal acetylenes is 1. The van der Waals surface area contributed by atoms with Crippen LogP contribution in [0.1, 0.15) is 18.4 Å². The largest absolute Gasteiger partial charge is 0.329 e. The van der Waals surface area contributed by atoms with Crippen LogP contribution >= 0.6 is 0 Å². The Balaban J connectivity index is 2.26. The second kappa shape index (κ2) is 9.33. The van der Waals surface area contributed by atoms with Crippen LogP contribution in [-0.4, -0.2) is 5.91 Å². The smallest absolute Gasteiger partial charge is 0.247 e. The van der Waals surface area contributed by atoms with Crippen LogP contribution in [0.4, 0.5) is 0 Å². The molecule has 1 amide bonds. The quantitative estimate of drug-likeness (QED) is 0.485. The molecule has 0 atom stereocenters. The van der Waals surface area contributed by atoms with E-state index in [1.54, 1.807) is 12.3 Å². The Hall–Kier alpha value is -2.71. The van der Waals surface area contributed by atoms with Crippen molar-refractivity contribution in [1.82, 2.24) is 5.32 Å². The fourth-order valence-corrected chi connectivity index (χ4v) is 1.29. The van der Waals surface area contributed by atoms with Crippen molar-refractivity contribution in [2.45, 2.75) is 12.8 Å². The first kappa shape index (κ1) is 14.4. The predicted octanol–water partition coefficient (Wildman–Crippen LogP) is 2.75. The Labute approximate surface area is 114 Å². The normalized spacial score (nSPS) is 9.84. The van der Waals surface area contributed by atoms with Crippen LogP contribution in [0.25, 0.3) is 6.08 Å². The molecule has 0 aliphatic rings. The SMILES string of the molecule is C#CC#CCCC=CC(=O)NC=Cc1ccccc1. The van der Waals surface area contributed by atoms with E-state index in [2.05, 4.69) is 23.1 Å².